The molecule has 1 aliphatic rings. The van der Waals surface area contributed by atoms with E-state index in [1.54, 1.807) is 0 Å². The molecule has 0 amide bonds. The third kappa shape index (κ3) is 3.93. The van der Waals surface area contributed by atoms with Crippen LogP contribution in [0.4, 0.5) is 0 Å². The van der Waals surface area contributed by atoms with Crippen LogP contribution in [0.1, 0.15) is 38.3 Å². The van der Waals surface area contributed by atoms with Gasteiger partial charge < -0.3 is 10.2 Å². The van der Waals surface area contributed by atoms with Gasteiger partial charge in [0.05, 0.1) is 0 Å². The molecule has 0 radical (unpaired) electrons. The number of hydrogen-bond acceptors (Lipinski definition) is 2. The third-order valence-electron chi connectivity index (χ3n) is 3.81. The predicted molar refractivity (Wildman–Crippen MR) is 85.8 cm³/mol. The van der Waals surface area contributed by atoms with E-state index in [2.05, 4.69) is 70.9 Å². The first-order valence-electron chi connectivity index (χ1n) is 6.93. The number of likely N-dealkylation sites (N-methyl/N-ethyl adjacent to an activating group) is 1. The standard InChI is InChI=1S/C15H23IN2/c1-3-18-10-4-5-15(11-18)17-12(2)13-6-8-14(16)9-7-13/h6-9,12,15,17H,3-5,10-11H2,1-2H3. The molecule has 18 heavy (non-hydrogen) atoms. The van der Waals surface area contributed by atoms with Crippen molar-refractivity contribution in [2.45, 2.75) is 38.8 Å². The number of nitrogens with one attached hydrogen (secondary N) is 1. The normalized spacial score (nSPS) is 22.9. The lowest BCUT2D eigenvalue weighted by Crippen LogP contribution is -2.46. The molecule has 2 nitrogen and oxygen atoms in total. The van der Waals surface area contributed by atoms with E-state index in [1.165, 1.54) is 41.6 Å². The van der Waals surface area contributed by atoms with Gasteiger partial charge in [0.2, 0.25) is 0 Å². The van der Waals surface area contributed by atoms with Gasteiger partial charge in [-0.2, -0.15) is 0 Å². The molecule has 1 N–H and O–H groups in total. The van der Waals surface area contributed by atoms with Crippen molar-refractivity contribution in [2.75, 3.05) is 19.6 Å². The highest BCUT2D eigenvalue weighted by Crippen LogP contribution is 2.18. The van der Waals surface area contributed by atoms with Gasteiger partial charge in [-0.15, -0.1) is 0 Å². The lowest BCUT2D eigenvalue weighted by atomic mass is 10.0. The van der Waals surface area contributed by atoms with Crippen molar-refractivity contribution in [3.63, 3.8) is 0 Å². The number of likely N-dealkylation sites (tertiary alicyclic amines) is 1. The van der Waals surface area contributed by atoms with Crippen molar-refractivity contribution in [2.24, 2.45) is 0 Å². The van der Waals surface area contributed by atoms with Crippen LogP contribution >= 0.6 is 22.6 Å². The maximum absolute atomic E-state index is 3.77. The molecule has 1 aliphatic heterocycles. The van der Waals surface area contributed by atoms with Crippen LogP contribution < -0.4 is 5.32 Å². The molecule has 2 rings (SSSR count). The fraction of sp³-hybridized carbons (Fsp3) is 0.600. The largest absolute Gasteiger partial charge is 0.306 e. The smallest absolute Gasteiger partial charge is 0.0294 e. The Hall–Kier alpha value is -0.130. The summed E-state index contributed by atoms with van der Waals surface area (Å²) in [4.78, 5) is 2.54. The van der Waals surface area contributed by atoms with Crippen molar-refractivity contribution in [3.05, 3.63) is 33.4 Å². The monoisotopic (exact) mass is 358 g/mol. The Morgan fingerprint density at radius 2 is 2.11 bits per heavy atom. The number of benzene rings is 1. The number of nitrogens with zero attached hydrogens (tertiary/aromatic N) is 1. The second-order valence-electron chi connectivity index (χ2n) is 5.17. The summed E-state index contributed by atoms with van der Waals surface area (Å²) < 4.78 is 1.30. The highest BCUT2D eigenvalue weighted by atomic mass is 127. The Balaban J connectivity index is 1.90. The first-order valence-corrected chi connectivity index (χ1v) is 8.00. The van der Waals surface area contributed by atoms with Gasteiger partial charge >= 0.3 is 0 Å². The lowest BCUT2D eigenvalue weighted by molar-refractivity contribution is 0.192. The van der Waals surface area contributed by atoms with Crippen molar-refractivity contribution >= 4 is 22.6 Å². The van der Waals surface area contributed by atoms with Gasteiger partial charge in [-0.25, -0.2) is 0 Å². The summed E-state index contributed by atoms with van der Waals surface area (Å²) in [7, 11) is 0. The van der Waals surface area contributed by atoms with Crippen LogP contribution in [0, 0.1) is 3.57 Å². The van der Waals surface area contributed by atoms with Gasteiger partial charge in [-0.1, -0.05) is 19.1 Å². The highest BCUT2D eigenvalue weighted by Gasteiger charge is 2.20. The molecular formula is C15H23IN2. The number of piperidine rings is 1. The topological polar surface area (TPSA) is 15.3 Å². The number of halogens is 1. The molecule has 0 aliphatic carbocycles. The molecule has 0 bridgehead atoms. The summed E-state index contributed by atoms with van der Waals surface area (Å²) in [6, 6.07) is 9.94. The van der Waals surface area contributed by atoms with E-state index in [-0.39, 0.29) is 0 Å². The zero-order valence-corrected chi connectivity index (χ0v) is 13.5. The van der Waals surface area contributed by atoms with Crippen LogP contribution in [-0.2, 0) is 0 Å². The number of hydrogen-bond donors (Lipinski definition) is 1. The van der Waals surface area contributed by atoms with Gasteiger partial charge in [0, 0.05) is 22.2 Å². The Morgan fingerprint density at radius 1 is 1.39 bits per heavy atom. The third-order valence-corrected chi connectivity index (χ3v) is 4.53. The van der Waals surface area contributed by atoms with Gasteiger partial charge in [0.25, 0.3) is 0 Å². The SMILES string of the molecule is CCN1CCCC(NC(C)c2ccc(I)cc2)C1. The first kappa shape index (κ1) is 14.3. The fourth-order valence-electron chi connectivity index (χ4n) is 2.68. The van der Waals surface area contributed by atoms with Crippen molar-refractivity contribution in [1.29, 1.82) is 0 Å². The van der Waals surface area contributed by atoms with E-state index in [1.807, 2.05) is 0 Å². The Morgan fingerprint density at radius 3 is 2.78 bits per heavy atom. The molecule has 2 unspecified atom stereocenters. The minimum absolute atomic E-state index is 0.448. The molecular weight excluding hydrogens is 335 g/mol. The predicted octanol–water partition coefficient (Wildman–Crippen LogP) is 3.43. The van der Waals surface area contributed by atoms with E-state index >= 15 is 0 Å². The second-order valence-corrected chi connectivity index (χ2v) is 6.42. The van der Waals surface area contributed by atoms with Crippen LogP contribution in [0.15, 0.2) is 24.3 Å². The molecule has 3 heteroatoms. The van der Waals surface area contributed by atoms with Crippen LogP contribution in [0.3, 0.4) is 0 Å². The minimum atomic E-state index is 0.448. The molecule has 0 aromatic heterocycles. The lowest BCUT2D eigenvalue weighted by Gasteiger charge is -2.34. The average Bonchev–Trinajstić information content (AvgIpc) is 2.39. The average molecular weight is 358 g/mol. The summed E-state index contributed by atoms with van der Waals surface area (Å²) in [6.45, 7) is 8.17. The molecule has 100 valence electrons. The van der Waals surface area contributed by atoms with Crippen LogP contribution in [-0.4, -0.2) is 30.6 Å². The van der Waals surface area contributed by atoms with E-state index < -0.39 is 0 Å². The van der Waals surface area contributed by atoms with Crippen LogP contribution in [0.2, 0.25) is 0 Å². The van der Waals surface area contributed by atoms with Crippen molar-refractivity contribution in [3.8, 4) is 0 Å². The van der Waals surface area contributed by atoms with Crippen LogP contribution in [0.5, 0.6) is 0 Å². The first-order chi connectivity index (χ1) is 8.69. The van der Waals surface area contributed by atoms with E-state index in [9.17, 15) is 0 Å². The molecule has 2 atom stereocenters. The van der Waals surface area contributed by atoms with Crippen molar-refractivity contribution < 1.29 is 0 Å². The van der Waals surface area contributed by atoms with E-state index in [4.69, 9.17) is 0 Å². The Kier molecular flexibility index (Phi) is 5.45. The summed E-state index contributed by atoms with van der Waals surface area (Å²) in [6.07, 6.45) is 2.64. The van der Waals surface area contributed by atoms with Gasteiger partial charge in [0.15, 0.2) is 0 Å². The summed E-state index contributed by atoms with van der Waals surface area (Å²) in [5, 5.41) is 3.77. The highest BCUT2D eigenvalue weighted by molar-refractivity contribution is 14.1. The maximum Gasteiger partial charge on any atom is 0.0294 e. The second kappa shape index (κ2) is 6.87. The summed E-state index contributed by atoms with van der Waals surface area (Å²) >= 11 is 2.36. The Bertz CT molecular complexity index is 363. The van der Waals surface area contributed by atoms with E-state index in [0.717, 1.165) is 0 Å². The van der Waals surface area contributed by atoms with Gasteiger partial charge in [-0.05, 0) is 73.1 Å². The molecule has 0 spiro atoms. The minimum Gasteiger partial charge on any atom is -0.306 e. The molecule has 1 heterocycles. The fourth-order valence-corrected chi connectivity index (χ4v) is 3.04. The maximum atomic E-state index is 3.77. The van der Waals surface area contributed by atoms with Gasteiger partial charge in [-0.3, -0.25) is 0 Å². The number of rotatable bonds is 4. The molecule has 1 aromatic rings. The quantitative estimate of drug-likeness (QED) is 0.830. The Labute approximate surface area is 124 Å². The summed E-state index contributed by atoms with van der Waals surface area (Å²) in [5.41, 5.74) is 1.39. The zero-order chi connectivity index (χ0) is 13.0. The molecule has 0 saturated carbocycles. The van der Waals surface area contributed by atoms with Crippen molar-refractivity contribution in [1.82, 2.24) is 10.2 Å². The molecule has 1 aromatic carbocycles. The van der Waals surface area contributed by atoms with E-state index in [0.29, 0.717) is 12.1 Å². The summed E-state index contributed by atoms with van der Waals surface area (Å²) in [5.74, 6) is 0. The van der Waals surface area contributed by atoms with Crippen LogP contribution in [0.25, 0.3) is 0 Å². The molecule has 1 saturated heterocycles. The zero-order valence-electron chi connectivity index (χ0n) is 11.3. The molecule has 1 fully saturated rings. The van der Waals surface area contributed by atoms with Gasteiger partial charge in [0.1, 0.15) is 0 Å².